The Hall–Kier alpha value is -2.11. The Morgan fingerprint density at radius 2 is 2.38 bits per heavy atom. The van der Waals surface area contributed by atoms with E-state index in [0.29, 0.717) is 5.65 Å². The van der Waals surface area contributed by atoms with Crippen LogP contribution < -0.4 is 5.73 Å². The zero-order chi connectivity index (χ0) is 9.42. The van der Waals surface area contributed by atoms with Gasteiger partial charge in [-0.3, -0.25) is 0 Å². The average Bonchev–Trinajstić information content (AvgIpc) is 2.49. The van der Waals surface area contributed by atoms with Crippen LogP contribution in [-0.2, 0) is 0 Å². The minimum absolute atomic E-state index is 0.0419. The molecule has 2 rings (SSSR count). The van der Waals surface area contributed by atoms with Crippen LogP contribution >= 0.6 is 0 Å². The highest BCUT2D eigenvalue weighted by atomic mass is 16.4. The summed E-state index contributed by atoms with van der Waals surface area (Å²) in [5, 5.41) is 8.64. The van der Waals surface area contributed by atoms with E-state index >= 15 is 0 Å². The van der Waals surface area contributed by atoms with Crippen molar-refractivity contribution in [2.24, 2.45) is 0 Å². The van der Waals surface area contributed by atoms with E-state index in [1.807, 2.05) is 0 Å². The Kier molecular flexibility index (Phi) is 1.42. The van der Waals surface area contributed by atoms with Gasteiger partial charge in [0.25, 0.3) is 0 Å². The monoisotopic (exact) mass is 178 g/mol. The lowest BCUT2D eigenvalue weighted by Gasteiger charge is -1.92. The fourth-order valence-electron chi connectivity index (χ4n) is 1.04. The van der Waals surface area contributed by atoms with Gasteiger partial charge in [0, 0.05) is 18.6 Å². The molecule has 0 aliphatic rings. The second kappa shape index (κ2) is 2.44. The number of nitrogens with two attached hydrogens (primary N) is 1. The Morgan fingerprint density at radius 3 is 3.00 bits per heavy atom. The predicted molar refractivity (Wildman–Crippen MR) is 44.4 cm³/mol. The average molecular weight is 178 g/mol. The molecule has 0 radical (unpaired) electrons. The van der Waals surface area contributed by atoms with Crippen molar-refractivity contribution in [1.29, 1.82) is 0 Å². The van der Waals surface area contributed by atoms with Crippen molar-refractivity contribution in [2.45, 2.75) is 0 Å². The summed E-state index contributed by atoms with van der Waals surface area (Å²) in [6.45, 7) is 0. The molecule has 0 aliphatic heterocycles. The fourth-order valence-corrected chi connectivity index (χ4v) is 1.04. The van der Waals surface area contributed by atoms with Gasteiger partial charge in [-0.05, 0) is 0 Å². The molecule has 66 valence electrons. The number of imidazole rings is 1. The number of nitrogen functional groups attached to an aromatic ring is 1. The van der Waals surface area contributed by atoms with Gasteiger partial charge in [-0.1, -0.05) is 0 Å². The van der Waals surface area contributed by atoms with Crippen LogP contribution in [0.3, 0.4) is 0 Å². The topological polar surface area (TPSA) is 93.5 Å². The molecule has 0 aromatic carbocycles. The lowest BCUT2D eigenvalue weighted by molar-refractivity contribution is 0.0691. The molecule has 3 N–H and O–H groups in total. The van der Waals surface area contributed by atoms with Crippen molar-refractivity contribution in [3.8, 4) is 0 Å². The Balaban J connectivity index is 2.75. The molecule has 13 heavy (non-hydrogen) atoms. The summed E-state index contributed by atoms with van der Waals surface area (Å²) in [7, 11) is 0. The van der Waals surface area contributed by atoms with E-state index in [9.17, 15) is 4.79 Å². The van der Waals surface area contributed by atoms with E-state index in [1.54, 1.807) is 6.20 Å². The number of carboxylic acids is 1. The van der Waals surface area contributed by atoms with Gasteiger partial charge in [0.1, 0.15) is 0 Å². The van der Waals surface area contributed by atoms with Crippen molar-refractivity contribution in [3.63, 3.8) is 0 Å². The first-order valence-electron chi connectivity index (χ1n) is 3.51. The van der Waals surface area contributed by atoms with Gasteiger partial charge < -0.3 is 15.2 Å². The van der Waals surface area contributed by atoms with Gasteiger partial charge in [-0.2, -0.15) is 0 Å². The summed E-state index contributed by atoms with van der Waals surface area (Å²) in [5.74, 6) is -0.863. The third kappa shape index (κ3) is 1.08. The second-order valence-corrected chi connectivity index (χ2v) is 2.47. The van der Waals surface area contributed by atoms with E-state index in [1.165, 1.54) is 16.8 Å². The maximum atomic E-state index is 10.5. The van der Waals surface area contributed by atoms with Crippen LogP contribution in [0.4, 0.5) is 5.82 Å². The molecular weight excluding hydrogens is 172 g/mol. The van der Waals surface area contributed by atoms with Crippen LogP contribution in [-0.4, -0.2) is 25.4 Å². The lowest BCUT2D eigenvalue weighted by Crippen LogP contribution is -1.96. The number of carboxylic acid groups (broad SMARTS) is 1. The first-order valence-corrected chi connectivity index (χ1v) is 3.51. The van der Waals surface area contributed by atoms with Gasteiger partial charge >= 0.3 is 5.97 Å². The molecule has 0 aliphatic carbocycles. The summed E-state index contributed by atoms with van der Waals surface area (Å²) in [6, 6.07) is 0. The van der Waals surface area contributed by atoms with Crippen LogP contribution in [0, 0.1) is 0 Å². The molecule has 0 fully saturated rings. The summed E-state index contributed by atoms with van der Waals surface area (Å²) >= 11 is 0. The van der Waals surface area contributed by atoms with Crippen LogP contribution in [0.2, 0.25) is 0 Å². The minimum Gasteiger partial charge on any atom is -0.476 e. The number of rotatable bonds is 1. The first kappa shape index (κ1) is 7.53. The molecule has 0 atom stereocenters. The molecule has 0 spiro atoms. The molecule has 0 bridgehead atoms. The highest BCUT2D eigenvalue weighted by molar-refractivity contribution is 5.86. The highest BCUT2D eigenvalue weighted by Crippen LogP contribution is 2.09. The van der Waals surface area contributed by atoms with Crippen LogP contribution in [0.25, 0.3) is 5.65 Å². The number of hydrogen-bond donors (Lipinski definition) is 2. The molecule has 0 amide bonds. The standard InChI is InChI=1S/C7H6N4O2/c8-5-6-10-4(7(12)13)3-11(6)2-1-9-5/h1-3H,(H2,8,9)(H,12,13). The molecule has 2 aromatic heterocycles. The largest absolute Gasteiger partial charge is 0.476 e. The summed E-state index contributed by atoms with van der Waals surface area (Å²) in [6.07, 6.45) is 4.45. The molecule has 0 unspecified atom stereocenters. The summed E-state index contributed by atoms with van der Waals surface area (Å²) < 4.78 is 1.52. The number of carbonyl (C=O) groups is 1. The fraction of sp³-hybridized carbons (Fsp3) is 0. The third-order valence-corrected chi connectivity index (χ3v) is 1.62. The summed E-state index contributed by atoms with van der Waals surface area (Å²) in [4.78, 5) is 18.1. The van der Waals surface area contributed by atoms with E-state index in [4.69, 9.17) is 10.8 Å². The van der Waals surface area contributed by atoms with Crippen molar-refractivity contribution >= 4 is 17.4 Å². The van der Waals surface area contributed by atoms with Crippen molar-refractivity contribution < 1.29 is 9.90 Å². The summed E-state index contributed by atoms with van der Waals surface area (Å²) in [5.41, 5.74) is 5.80. The van der Waals surface area contributed by atoms with Gasteiger partial charge in [0.05, 0.1) is 0 Å². The van der Waals surface area contributed by atoms with Crippen LogP contribution in [0.5, 0.6) is 0 Å². The van der Waals surface area contributed by atoms with Gasteiger partial charge in [-0.25, -0.2) is 14.8 Å². The number of hydrogen-bond acceptors (Lipinski definition) is 4. The van der Waals surface area contributed by atoms with E-state index < -0.39 is 5.97 Å². The first-order chi connectivity index (χ1) is 6.18. The number of anilines is 1. The highest BCUT2D eigenvalue weighted by Gasteiger charge is 2.09. The van der Waals surface area contributed by atoms with E-state index in [0.717, 1.165) is 0 Å². The van der Waals surface area contributed by atoms with Crippen molar-refractivity contribution in [1.82, 2.24) is 14.4 Å². The van der Waals surface area contributed by atoms with E-state index in [2.05, 4.69) is 9.97 Å². The zero-order valence-corrected chi connectivity index (χ0v) is 6.51. The maximum absolute atomic E-state index is 10.5. The lowest BCUT2D eigenvalue weighted by atomic mass is 10.5. The van der Waals surface area contributed by atoms with Gasteiger partial charge in [-0.15, -0.1) is 0 Å². The van der Waals surface area contributed by atoms with Crippen LogP contribution in [0.15, 0.2) is 18.6 Å². The Morgan fingerprint density at radius 1 is 1.62 bits per heavy atom. The number of nitrogens with zero attached hydrogens (tertiary/aromatic N) is 3. The minimum atomic E-state index is -1.08. The quantitative estimate of drug-likeness (QED) is 0.641. The Labute approximate surface area is 72.6 Å². The molecule has 2 aromatic rings. The molecule has 6 heteroatoms. The van der Waals surface area contributed by atoms with Crippen LogP contribution in [0.1, 0.15) is 10.5 Å². The number of aromatic nitrogens is 3. The van der Waals surface area contributed by atoms with Crippen molar-refractivity contribution in [3.05, 3.63) is 24.3 Å². The SMILES string of the molecule is Nc1nccn2cc(C(=O)O)nc12. The maximum Gasteiger partial charge on any atom is 0.356 e. The molecule has 0 saturated carbocycles. The Bertz CT molecular complexity index is 476. The molecule has 6 nitrogen and oxygen atoms in total. The molecule has 0 saturated heterocycles. The predicted octanol–water partition coefficient (Wildman–Crippen LogP) is 0.00970. The van der Waals surface area contributed by atoms with Gasteiger partial charge in [0.15, 0.2) is 17.2 Å². The van der Waals surface area contributed by atoms with Crippen molar-refractivity contribution in [2.75, 3.05) is 5.73 Å². The van der Waals surface area contributed by atoms with Gasteiger partial charge in [0.2, 0.25) is 0 Å². The zero-order valence-electron chi connectivity index (χ0n) is 6.51. The third-order valence-electron chi connectivity index (χ3n) is 1.62. The number of aromatic carboxylic acids is 1. The normalized spacial score (nSPS) is 10.5. The number of fused-ring (bicyclic) bond motifs is 1. The van der Waals surface area contributed by atoms with E-state index in [-0.39, 0.29) is 11.5 Å². The second-order valence-electron chi connectivity index (χ2n) is 2.47. The molecule has 2 heterocycles. The smallest absolute Gasteiger partial charge is 0.356 e. The molecular formula is C7H6N4O2.